The molecule has 0 saturated heterocycles. The second-order valence-corrected chi connectivity index (χ2v) is 11.6. The Hall–Kier alpha value is -2.91. The van der Waals surface area contributed by atoms with Gasteiger partial charge in [0.15, 0.2) is 5.78 Å². The minimum atomic E-state index is -1.36. The fourth-order valence-electron chi connectivity index (χ4n) is 6.19. The third kappa shape index (κ3) is 3.67. The van der Waals surface area contributed by atoms with Crippen molar-refractivity contribution >= 4 is 21.0 Å². The van der Waals surface area contributed by atoms with Gasteiger partial charge in [0.05, 0.1) is 0 Å². The first-order valence-corrected chi connectivity index (χ1v) is 13.1. The van der Waals surface area contributed by atoms with E-state index in [1.165, 1.54) is 33.4 Å². The van der Waals surface area contributed by atoms with Crippen molar-refractivity contribution in [2.75, 3.05) is 0 Å². The minimum Gasteiger partial charge on any atom is -0.457 e. The Bertz CT molecular complexity index is 1450. The Morgan fingerprint density at radius 2 is 1.65 bits per heavy atom. The van der Waals surface area contributed by atoms with Gasteiger partial charge in [-0.15, -0.1) is 9.76 Å². The number of aryl methyl sites for hydroxylation is 3. The normalized spacial score (nSPS) is 22.4. The minimum absolute atomic E-state index is 0.0107. The van der Waals surface area contributed by atoms with Crippen molar-refractivity contribution in [2.24, 2.45) is 11.8 Å². The van der Waals surface area contributed by atoms with Crippen LogP contribution in [0.1, 0.15) is 54.2 Å². The monoisotopic (exact) mass is 467 g/mol. The predicted molar refractivity (Wildman–Crippen MR) is 143 cm³/mol. The summed E-state index contributed by atoms with van der Waals surface area (Å²) in [5.41, 5.74) is 10.8. The average molecular weight is 468 g/mol. The Labute approximate surface area is 204 Å². The molecule has 2 aromatic carbocycles. The number of hydrogen-bond acceptors (Lipinski definition) is 3. The second-order valence-electron chi connectivity index (χ2n) is 10.1. The highest BCUT2D eigenvalue weighted by atomic mass is 32.2. The predicted octanol–water partition coefficient (Wildman–Crippen LogP) is 7.39. The molecule has 2 nitrogen and oxygen atoms in total. The van der Waals surface area contributed by atoms with E-state index < -0.39 is 10.4 Å². The Balaban J connectivity index is 1.60. The summed E-state index contributed by atoms with van der Waals surface area (Å²) in [7, 11) is -1.36. The van der Waals surface area contributed by atoms with E-state index >= 15 is 0 Å². The molecule has 2 aliphatic carbocycles. The highest BCUT2D eigenvalue weighted by Crippen LogP contribution is 2.40. The van der Waals surface area contributed by atoms with Gasteiger partial charge in [0.25, 0.3) is 0 Å². The van der Waals surface area contributed by atoms with Crippen molar-refractivity contribution in [3.63, 3.8) is 0 Å². The summed E-state index contributed by atoms with van der Waals surface area (Å²) in [5, 5.41) is 0. The van der Waals surface area contributed by atoms with Crippen LogP contribution in [-0.2, 0) is 14.6 Å². The van der Waals surface area contributed by atoms with Crippen LogP contribution < -0.4 is 0 Å². The van der Waals surface area contributed by atoms with Gasteiger partial charge < -0.3 is 4.21 Å². The number of carbonyl (C=O) groups is 1. The van der Waals surface area contributed by atoms with Crippen LogP contribution >= 0.6 is 0 Å². The zero-order chi connectivity index (χ0) is 24.3. The molecule has 0 aromatic heterocycles. The molecule has 3 aliphatic rings. The number of Topliss-reactive ketones (excluding diaryl/α,β-unsaturated/α-hetero) is 1. The van der Waals surface area contributed by atoms with Crippen molar-refractivity contribution in [1.82, 2.24) is 0 Å². The zero-order valence-corrected chi connectivity index (χ0v) is 21.6. The SMILES string of the molecule is CC1=CC(C)C(C2=CC=C3C(=O)c4ccc(-c5c(C)cc(C)cc5C)cc4[S-](=O)=C3C2)C(C)=C1. The summed E-state index contributed by atoms with van der Waals surface area (Å²) in [4.78, 5) is 14.8. The molecule has 0 fully saturated rings. The highest BCUT2D eigenvalue weighted by Gasteiger charge is 2.29. The third-order valence-electron chi connectivity index (χ3n) is 7.39. The van der Waals surface area contributed by atoms with E-state index in [0.29, 0.717) is 28.4 Å². The average Bonchev–Trinajstić information content (AvgIpc) is 2.76. The molecular formula is C31H31O2S-. The molecule has 1 aliphatic heterocycles. The van der Waals surface area contributed by atoms with Crippen LogP contribution in [0.3, 0.4) is 0 Å². The maximum Gasteiger partial charge on any atom is 0.189 e. The Kier molecular flexibility index (Phi) is 5.64. The van der Waals surface area contributed by atoms with Crippen LogP contribution in [0.25, 0.3) is 11.1 Å². The summed E-state index contributed by atoms with van der Waals surface area (Å²) in [6, 6.07) is 10.2. The lowest BCUT2D eigenvalue weighted by atomic mass is 9.74. The molecule has 0 amide bonds. The molecule has 0 spiro atoms. The number of allylic oxidation sites excluding steroid dienone is 8. The first-order valence-electron chi connectivity index (χ1n) is 12.0. The van der Waals surface area contributed by atoms with Gasteiger partial charge in [0.1, 0.15) is 0 Å². The van der Waals surface area contributed by atoms with Gasteiger partial charge in [-0.2, -0.15) is 0 Å². The zero-order valence-electron chi connectivity index (χ0n) is 20.8. The summed E-state index contributed by atoms with van der Waals surface area (Å²) in [5.74, 6) is 0.654. The third-order valence-corrected chi connectivity index (χ3v) is 8.94. The van der Waals surface area contributed by atoms with Gasteiger partial charge >= 0.3 is 0 Å². The molecule has 34 heavy (non-hydrogen) atoms. The molecule has 2 unspecified atom stereocenters. The lowest BCUT2D eigenvalue weighted by Crippen LogP contribution is -2.27. The molecule has 5 rings (SSSR count). The van der Waals surface area contributed by atoms with Crippen LogP contribution in [0, 0.1) is 32.6 Å². The molecule has 0 saturated carbocycles. The van der Waals surface area contributed by atoms with Crippen LogP contribution in [0.5, 0.6) is 0 Å². The van der Waals surface area contributed by atoms with Gasteiger partial charge in [-0.25, -0.2) is 10.4 Å². The lowest BCUT2D eigenvalue weighted by molar-refractivity contribution is 0.103. The van der Waals surface area contributed by atoms with E-state index in [4.69, 9.17) is 0 Å². The fraction of sp³-hybridized carbons (Fsp3) is 0.290. The highest BCUT2D eigenvalue weighted by molar-refractivity contribution is 7.85. The molecule has 1 heterocycles. The van der Waals surface area contributed by atoms with Crippen LogP contribution in [-0.4, -0.2) is 10.6 Å². The summed E-state index contributed by atoms with van der Waals surface area (Å²) >= 11 is 0. The van der Waals surface area contributed by atoms with E-state index in [2.05, 4.69) is 71.9 Å². The van der Waals surface area contributed by atoms with E-state index in [1.807, 2.05) is 24.3 Å². The number of ketones is 1. The summed E-state index contributed by atoms with van der Waals surface area (Å²) < 4.78 is 13.9. The number of hydrogen-bond donors (Lipinski definition) is 0. The summed E-state index contributed by atoms with van der Waals surface area (Å²) in [6.45, 7) is 12.9. The van der Waals surface area contributed by atoms with Gasteiger partial charge in [0.2, 0.25) is 0 Å². The number of carbonyl (C=O) groups excluding carboxylic acids is 1. The van der Waals surface area contributed by atoms with Crippen molar-refractivity contribution < 1.29 is 9.00 Å². The Morgan fingerprint density at radius 1 is 0.941 bits per heavy atom. The Morgan fingerprint density at radius 3 is 2.32 bits per heavy atom. The molecular weight excluding hydrogens is 436 g/mol. The van der Waals surface area contributed by atoms with Gasteiger partial charge in [0, 0.05) is 17.1 Å². The van der Waals surface area contributed by atoms with Gasteiger partial charge in [-0.1, -0.05) is 83.8 Å². The van der Waals surface area contributed by atoms with Crippen molar-refractivity contribution in [3.8, 4) is 11.1 Å². The standard InChI is InChI=1S/C31H31O2S/c1-17-11-19(3)29(20(4)12-17)23-7-9-25-27(15-23)34(33)28-16-24(8-10-26(28)31(25)32)30-21(5)13-18(2)14-22(30)6/h7-15,21,30H,16H2,1-6H3/q-1. The van der Waals surface area contributed by atoms with Crippen LogP contribution in [0.15, 0.2) is 81.8 Å². The maximum absolute atomic E-state index is 13.9. The van der Waals surface area contributed by atoms with Crippen LogP contribution in [0.2, 0.25) is 0 Å². The topological polar surface area (TPSA) is 34.1 Å². The van der Waals surface area contributed by atoms with Crippen LogP contribution in [0.4, 0.5) is 0 Å². The molecule has 0 radical (unpaired) electrons. The van der Waals surface area contributed by atoms with Crippen molar-refractivity contribution in [3.05, 3.63) is 99.2 Å². The molecule has 2 atom stereocenters. The van der Waals surface area contributed by atoms with E-state index in [0.717, 1.165) is 16.0 Å². The quantitative estimate of drug-likeness (QED) is 0.341. The fourth-order valence-corrected chi connectivity index (χ4v) is 7.71. The number of rotatable bonds is 2. The maximum atomic E-state index is 13.9. The largest absolute Gasteiger partial charge is 0.457 e. The molecule has 0 bridgehead atoms. The smallest absolute Gasteiger partial charge is 0.189 e. The van der Waals surface area contributed by atoms with Crippen molar-refractivity contribution in [1.29, 1.82) is 0 Å². The first-order chi connectivity index (χ1) is 16.2. The first kappa shape index (κ1) is 22.9. The summed E-state index contributed by atoms with van der Waals surface area (Å²) in [6.07, 6.45) is 9.14. The van der Waals surface area contributed by atoms with Gasteiger partial charge in [-0.05, 0) is 69.2 Å². The van der Waals surface area contributed by atoms with Gasteiger partial charge in [-0.3, -0.25) is 4.79 Å². The van der Waals surface area contributed by atoms with E-state index in [1.54, 1.807) is 0 Å². The van der Waals surface area contributed by atoms with E-state index in [9.17, 15) is 9.00 Å². The van der Waals surface area contributed by atoms with E-state index in [-0.39, 0.29) is 11.7 Å². The lowest BCUT2D eigenvalue weighted by Gasteiger charge is -2.35. The molecule has 3 heteroatoms. The number of fused-ring (bicyclic) bond motifs is 2. The molecule has 2 aromatic rings. The molecule has 174 valence electrons. The second kappa shape index (κ2) is 8.39. The molecule has 0 N–H and O–H groups in total. The van der Waals surface area contributed by atoms with Crippen molar-refractivity contribution in [2.45, 2.75) is 52.9 Å². The number of benzene rings is 2.